The van der Waals surface area contributed by atoms with Crippen molar-refractivity contribution in [1.29, 1.82) is 0 Å². The second-order valence-corrected chi connectivity index (χ2v) is 3.25. The normalized spacial score (nSPS) is 11.9. The van der Waals surface area contributed by atoms with Crippen LogP contribution in [0.15, 0.2) is 24.3 Å². The van der Waals surface area contributed by atoms with Crippen LogP contribution in [-0.2, 0) is 9.47 Å². The topological polar surface area (TPSA) is 52.6 Å². The summed E-state index contributed by atoms with van der Waals surface area (Å²) in [5.41, 5.74) is -1.18. The van der Waals surface area contributed by atoms with Gasteiger partial charge in [0.1, 0.15) is 0 Å². The fraction of sp³-hybridized carbons (Fsp3) is 0.200. The van der Waals surface area contributed by atoms with Crippen molar-refractivity contribution in [2.24, 2.45) is 0 Å². The maximum Gasteiger partial charge on any atom is 0.575 e. The zero-order chi connectivity index (χ0) is 15.6. The van der Waals surface area contributed by atoms with Gasteiger partial charge in [0.15, 0.2) is 0 Å². The summed E-state index contributed by atoms with van der Waals surface area (Å²) in [5, 5.41) is 0. The van der Waals surface area contributed by atoms with Gasteiger partial charge in [-0.05, 0) is 24.3 Å². The van der Waals surface area contributed by atoms with Crippen molar-refractivity contribution in [3.63, 3.8) is 0 Å². The maximum absolute atomic E-state index is 11.7. The lowest BCUT2D eigenvalue weighted by molar-refractivity contribution is -0.293. The first-order chi connectivity index (χ1) is 8.98. The molecule has 0 aliphatic carbocycles. The third kappa shape index (κ3) is 5.16. The average molecular weight is 302 g/mol. The summed E-state index contributed by atoms with van der Waals surface area (Å²) < 4.78 is 76.6. The van der Waals surface area contributed by atoms with Crippen molar-refractivity contribution in [1.82, 2.24) is 0 Å². The molecule has 0 fully saturated rings. The monoisotopic (exact) mass is 302 g/mol. The SMILES string of the molecule is O=C(OC(F)(F)F)c1ccc(C(=O)OC(F)(F)F)cc1. The highest BCUT2D eigenvalue weighted by molar-refractivity contribution is 5.93. The Morgan fingerprint density at radius 3 is 1.15 bits per heavy atom. The summed E-state index contributed by atoms with van der Waals surface area (Å²) in [7, 11) is 0. The molecule has 0 aromatic heterocycles. The van der Waals surface area contributed by atoms with Gasteiger partial charge >= 0.3 is 24.7 Å². The molecule has 0 radical (unpaired) electrons. The summed E-state index contributed by atoms with van der Waals surface area (Å²) in [6.45, 7) is 0. The van der Waals surface area contributed by atoms with Crippen molar-refractivity contribution in [2.45, 2.75) is 12.7 Å². The van der Waals surface area contributed by atoms with Crippen molar-refractivity contribution in [2.75, 3.05) is 0 Å². The van der Waals surface area contributed by atoms with Crippen LogP contribution < -0.4 is 0 Å². The molecule has 0 heterocycles. The van der Waals surface area contributed by atoms with Gasteiger partial charge in [0.25, 0.3) is 0 Å². The van der Waals surface area contributed by atoms with Crippen LogP contribution in [0.25, 0.3) is 0 Å². The van der Waals surface area contributed by atoms with Gasteiger partial charge in [-0.2, -0.15) is 0 Å². The molecule has 10 heteroatoms. The van der Waals surface area contributed by atoms with Crippen LogP contribution in [0, 0.1) is 0 Å². The molecular weight excluding hydrogens is 298 g/mol. The lowest BCUT2D eigenvalue weighted by Crippen LogP contribution is -2.20. The summed E-state index contributed by atoms with van der Waals surface area (Å²) in [6, 6.07) is 2.78. The van der Waals surface area contributed by atoms with Gasteiger partial charge < -0.3 is 9.47 Å². The molecule has 0 atom stereocenters. The molecule has 0 saturated carbocycles. The van der Waals surface area contributed by atoms with E-state index in [4.69, 9.17) is 0 Å². The number of benzene rings is 1. The third-order valence-electron chi connectivity index (χ3n) is 1.77. The Balaban J connectivity index is 2.79. The Morgan fingerprint density at radius 1 is 0.700 bits per heavy atom. The van der Waals surface area contributed by atoms with E-state index in [9.17, 15) is 35.9 Å². The highest BCUT2D eigenvalue weighted by Gasteiger charge is 2.35. The second-order valence-electron chi connectivity index (χ2n) is 3.25. The summed E-state index contributed by atoms with van der Waals surface area (Å²) in [5.74, 6) is -3.51. The van der Waals surface area contributed by atoms with E-state index in [-0.39, 0.29) is 0 Å². The van der Waals surface area contributed by atoms with E-state index >= 15 is 0 Å². The van der Waals surface area contributed by atoms with Crippen LogP contribution in [0.3, 0.4) is 0 Å². The first-order valence-corrected chi connectivity index (χ1v) is 4.68. The fourth-order valence-electron chi connectivity index (χ4n) is 1.07. The van der Waals surface area contributed by atoms with E-state index in [1.807, 2.05) is 0 Å². The summed E-state index contributed by atoms with van der Waals surface area (Å²) >= 11 is 0. The van der Waals surface area contributed by atoms with Gasteiger partial charge in [0.2, 0.25) is 0 Å². The highest BCUT2D eigenvalue weighted by atomic mass is 19.4. The van der Waals surface area contributed by atoms with Gasteiger partial charge in [0.05, 0.1) is 11.1 Å². The van der Waals surface area contributed by atoms with Gasteiger partial charge in [-0.15, -0.1) is 26.3 Å². The van der Waals surface area contributed by atoms with Crippen LogP contribution in [0.4, 0.5) is 26.3 Å². The molecular formula is C10H4F6O4. The average Bonchev–Trinajstić information content (AvgIpc) is 2.24. The molecule has 0 unspecified atom stereocenters. The van der Waals surface area contributed by atoms with Crippen molar-refractivity contribution in [3.05, 3.63) is 35.4 Å². The van der Waals surface area contributed by atoms with E-state index in [0.717, 1.165) is 0 Å². The molecule has 0 bridgehead atoms. The Kier molecular flexibility index (Phi) is 4.26. The standard InChI is InChI=1S/C10H4F6O4/c11-9(12,13)19-7(17)5-1-2-6(4-3-5)8(18)20-10(14,15)16/h1-4H. The van der Waals surface area contributed by atoms with E-state index in [2.05, 4.69) is 9.47 Å². The van der Waals surface area contributed by atoms with Crippen LogP contribution in [0.1, 0.15) is 20.7 Å². The van der Waals surface area contributed by atoms with Gasteiger partial charge in [-0.25, -0.2) is 9.59 Å². The van der Waals surface area contributed by atoms with Gasteiger partial charge in [-0.3, -0.25) is 0 Å². The first-order valence-electron chi connectivity index (χ1n) is 4.68. The van der Waals surface area contributed by atoms with E-state index in [1.54, 1.807) is 0 Å². The summed E-state index contributed by atoms with van der Waals surface area (Å²) in [6.07, 6.45) is -10.4. The molecule has 4 nitrogen and oxygen atoms in total. The number of esters is 2. The smallest absolute Gasteiger partial charge is 0.369 e. The Hall–Kier alpha value is -2.26. The molecule has 110 valence electrons. The van der Waals surface area contributed by atoms with E-state index < -0.39 is 35.8 Å². The molecule has 0 spiro atoms. The summed E-state index contributed by atoms with van der Waals surface area (Å²) in [4.78, 5) is 21.9. The molecule has 0 aliphatic heterocycles. The fourth-order valence-corrected chi connectivity index (χ4v) is 1.07. The van der Waals surface area contributed by atoms with Gasteiger partial charge in [0, 0.05) is 0 Å². The number of ether oxygens (including phenoxy) is 2. The number of halogens is 6. The number of carbonyl (C=O) groups is 2. The zero-order valence-corrected chi connectivity index (χ0v) is 9.21. The number of alkyl halides is 6. The minimum absolute atomic E-state index is 0.592. The number of hydrogen-bond donors (Lipinski definition) is 0. The lowest BCUT2D eigenvalue weighted by atomic mass is 10.1. The number of rotatable bonds is 2. The van der Waals surface area contributed by atoms with Crippen LogP contribution >= 0.6 is 0 Å². The molecule has 0 N–H and O–H groups in total. The Morgan fingerprint density at radius 2 is 0.950 bits per heavy atom. The van der Waals surface area contributed by atoms with Crippen LogP contribution in [-0.4, -0.2) is 24.7 Å². The number of carbonyl (C=O) groups excluding carboxylic acids is 2. The second kappa shape index (κ2) is 5.39. The molecule has 1 rings (SSSR count). The minimum Gasteiger partial charge on any atom is -0.369 e. The van der Waals surface area contributed by atoms with Gasteiger partial charge in [-0.1, -0.05) is 0 Å². The lowest BCUT2D eigenvalue weighted by Gasteiger charge is -2.08. The van der Waals surface area contributed by atoms with Crippen molar-refractivity contribution < 1.29 is 45.4 Å². The quantitative estimate of drug-likeness (QED) is 0.622. The maximum atomic E-state index is 11.7. The first kappa shape index (κ1) is 15.8. The van der Waals surface area contributed by atoms with Crippen LogP contribution in [0.5, 0.6) is 0 Å². The van der Waals surface area contributed by atoms with Crippen molar-refractivity contribution in [3.8, 4) is 0 Å². The third-order valence-corrected chi connectivity index (χ3v) is 1.77. The van der Waals surface area contributed by atoms with E-state index in [0.29, 0.717) is 24.3 Å². The molecule has 0 saturated heterocycles. The minimum atomic E-state index is -5.19. The number of hydrogen-bond acceptors (Lipinski definition) is 4. The predicted octanol–water partition coefficient (Wildman–Crippen LogP) is 3.04. The Bertz CT molecular complexity index is 455. The molecule has 20 heavy (non-hydrogen) atoms. The van der Waals surface area contributed by atoms with Crippen molar-refractivity contribution >= 4 is 11.9 Å². The molecule has 0 aliphatic rings. The highest BCUT2D eigenvalue weighted by Crippen LogP contribution is 2.21. The molecule has 0 amide bonds. The van der Waals surface area contributed by atoms with Crippen LogP contribution in [0.2, 0.25) is 0 Å². The molecule has 1 aromatic rings. The Labute approximate surface area is 106 Å². The van der Waals surface area contributed by atoms with E-state index in [1.165, 1.54) is 0 Å². The zero-order valence-electron chi connectivity index (χ0n) is 9.21. The predicted molar refractivity (Wildman–Crippen MR) is 49.4 cm³/mol. The largest absolute Gasteiger partial charge is 0.575 e. The molecule has 1 aromatic carbocycles.